The van der Waals surface area contributed by atoms with Crippen LogP contribution in [0.15, 0.2) is 30.4 Å². The second-order valence-electron chi connectivity index (χ2n) is 7.02. The molecule has 4 rings (SSSR count). The molecule has 3 amide bonds. The molecule has 0 aromatic heterocycles. The van der Waals surface area contributed by atoms with Crippen LogP contribution in [0.2, 0.25) is 10.0 Å². The normalized spacial score (nSPS) is 24.8. The Morgan fingerprint density at radius 3 is 2.30 bits per heavy atom. The van der Waals surface area contributed by atoms with Gasteiger partial charge in [0.15, 0.2) is 6.61 Å². The van der Waals surface area contributed by atoms with E-state index < -0.39 is 0 Å². The molecule has 2 fully saturated rings. The number of ether oxygens (including phenoxy) is 1. The van der Waals surface area contributed by atoms with E-state index in [-0.39, 0.29) is 42.2 Å². The zero-order chi connectivity index (χ0) is 19.1. The smallest absolute Gasteiger partial charge is 0.260 e. The summed E-state index contributed by atoms with van der Waals surface area (Å²) in [5, 5.41) is 0.821. The number of benzene rings is 1. The average molecular weight is 409 g/mol. The van der Waals surface area contributed by atoms with Crippen molar-refractivity contribution in [3.8, 4) is 5.75 Å². The van der Waals surface area contributed by atoms with Crippen LogP contribution in [0.5, 0.6) is 5.75 Å². The summed E-state index contributed by atoms with van der Waals surface area (Å²) in [6.45, 7) is 0.535. The topological polar surface area (TPSA) is 66.9 Å². The minimum atomic E-state index is -0.237. The van der Waals surface area contributed by atoms with Gasteiger partial charge in [-0.25, -0.2) is 0 Å². The van der Waals surface area contributed by atoms with E-state index >= 15 is 0 Å². The second-order valence-corrected chi connectivity index (χ2v) is 7.86. The zero-order valence-corrected chi connectivity index (χ0v) is 15.9. The fraction of sp³-hybridized carbons (Fsp3) is 0.421. The molecule has 1 aromatic carbocycles. The Labute approximate surface area is 166 Å². The lowest BCUT2D eigenvalue weighted by molar-refractivity contribution is -0.153. The van der Waals surface area contributed by atoms with Crippen molar-refractivity contribution in [2.45, 2.75) is 18.9 Å². The van der Waals surface area contributed by atoms with E-state index in [1.807, 2.05) is 12.2 Å². The first kappa shape index (κ1) is 18.3. The fourth-order valence-electron chi connectivity index (χ4n) is 3.83. The summed E-state index contributed by atoms with van der Waals surface area (Å²) in [4.78, 5) is 40.3. The Morgan fingerprint density at radius 1 is 1.07 bits per heavy atom. The fourth-order valence-corrected chi connectivity index (χ4v) is 4.29. The second kappa shape index (κ2) is 7.17. The van der Waals surface area contributed by atoms with Crippen LogP contribution in [0.1, 0.15) is 12.8 Å². The van der Waals surface area contributed by atoms with E-state index in [0.29, 0.717) is 41.7 Å². The molecule has 3 aliphatic rings. The summed E-state index contributed by atoms with van der Waals surface area (Å²) in [6, 6.07) is 4.54. The molecule has 0 spiro atoms. The van der Waals surface area contributed by atoms with Crippen molar-refractivity contribution in [2.24, 2.45) is 11.8 Å². The van der Waals surface area contributed by atoms with Crippen LogP contribution in [0.3, 0.4) is 0 Å². The van der Waals surface area contributed by atoms with Gasteiger partial charge in [0.25, 0.3) is 5.91 Å². The molecule has 0 radical (unpaired) electrons. The largest absolute Gasteiger partial charge is 0.482 e. The Bertz CT molecular complexity index is 809. The number of halogens is 2. The number of nitrogens with zero attached hydrogens (tertiary/aromatic N) is 2. The molecule has 2 aliphatic heterocycles. The predicted molar refractivity (Wildman–Crippen MR) is 99.5 cm³/mol. The van der Waals surface area contributed by atoms with E-state index in [4.69, 9.17) is 27.9 Å². The molecule has 27 heavy (non-hydrogen) atoms. The Morgan fingerprint density at radius 2 is 1.70 bits per heavy atom. The lowest BCUT2D eigenvalue weighted by atomic mass is 9.85. The highest BCUT2D eigenvalue weighted by molar-refractivity contribution is 6.35. The third kappa shape index (κ3) is 3.32. The maximum absolute atomic E-state index is 12.6. The van der Waals surface area contributed by atoms with Gasteiger partial charge in [-0.2, -0.15) is 0 Å². The maximum atomic E-state index is 12.6. The van der Waals surface area contributed by atoms with Crippen molar-refractivity contribution >= 4 is 40.9 Å². The van der Waals surface area contributed by atoms with Gasteiger partial charge in [-0.05, 0) is 31.0 Å². The Balaban J connectivity index is 1.31. The number of allylic oxidation sites excluding steroid dienone is 2. The number of rotatable bonds is 4. The van der Waals surface area contributed by atoms with E-state index in [2.05, 4.69) is 0 Å². The van der Waals surface area contributed by atoms with E-state index in [1.165, 1.54) is 4.90 Å². The summed E-state index contributed by atoms with van der Waals surface area (Å²) in [7, 11) is 0. The van der Waals surface area contributed by atoms with Gasteiger partial charge in [0, 0.05) is 18.1 Å². The molecule has 2 heterocycles. The molecule has 2 saturated heterocycles. The molecule has 2 atom stereocenters. The predicted octanol–water partition coefficient (Wildman–Crippen LogP) is 2.53. The first-order chi connectivity index (χ1) is 13.0. The van der Waals surface area contributed by atoms with Gasteiger partial charge in [0.2, 0.25) is 11.8 Å². The Hall–Kier alpha value is -2.05. The standard InChI is InChI=1S/C19H18Cl2N2O4/c20-11-5-6-16(15(21)7-11)27-10-17(24)22-8-12(9-22)23-18(25)13-3-1-2-4-14(13)19(23)26/h1-2,5-7,12-14H,3-4,8-10H2/t13-,14-/m0/s1. The molecule has 0 bridgehead atoms. The van der Waals surface area contributed by atoms with Gasteiger partial charge in [-0.1, -0.05) is 35.4 Å². The highest BCUT2D eigenvalue weighted by atomic mass is 35.5. The van der Waals surface area contributed by atoms with Crippen molar-refractivity contribution in [3.63, 3.8) is 0 Å². The van der Waals surface area contributed by atoms with Crippen molar-refractivity contribution in [3.05, 3.63) is 40.4 Å². The summed E-state index contributed by atoms with van der Waals surface area (Å²) < 4.78 is 5.45. The van der Waals surface area contributed by atoms with Gasteiger partial charge in [-0.3, -0.25) is 19.3 Å². The number of fused-ring (bicyclic) bond motifs is 1. The number of carbonyl (C=O) groups is 3. The minimum Gasteiger partial charge on any atom is -0.482 e. The molecule has 1 aromatic rings. The van der Waals surface area contributed by atoms with E-state index in [0.717, 1.165) is 0 Å². The molecule has 0 saturated carbocycles. The zero-order valence-electron chi connectivity index (χ0n) is 14.4. The number of carbonyl (C=O) groups excluding carboxylic acids is 3. The van der Waals surface area contributed by atoms with Crippen LogP contribution in [-0.4, -0.2) is 53.3 Å². The van der Waals surface area contributed by atoms with Gasteiger partial charge in [-0.15, -0.1) is 0 Å². The van der Waals surface area contributed by atoms with Crippen molar-refractivity contribution in [2.75, 3.05) is 19.7 Å². The maximum Gasteiger partial charge on any atom is 0.260 e. The van der Waals surface area contributed by atoms with Crippen molar-refractivity contribution in [1.29, 1.82) is 0 Å². The molecule has 6 nitrogen and oxygen atoms in total. The molecule has 0 unspecified atom stereocenters. The minimum absolute atomic E-state index is 0.101. The average Bonchev–Trinajstić information content (AvgIpc) is 2.85. The molecular formula is C19H18Cl2N2O4. The van der Waals surface area contributed by atoms with Gasteiger partial charge < -0.3 is 9.64 Å². The highest BCUT2D eigenvalue weighted by Gasteiger charge is 2.52. The Kier molecular flexibility index (Phi) is 4.86. The van der Waals surface area contributed by atoms with E-state index in [1.54, 1.807) is 23.1 Å². The number of amides is 3. The van der Waals surface area contributed by atoms with Gasteiger partial charge in [0.05, 0.1) is 22.9 Å². The van der Waals surface area contributed by atoms with Crippen molar-refractivity contribution < 1.29 is 19.1 Å². The first-order valence-electron chi connectivity index (χ1n) is 8.83. The molecular weight excluding hydrogens is 391 g/mol. The summed E-state index contributed by atoms with van der Waals surface area (Å²) in [5.74, 6) is -0.500. The molecule has 0 N–H and O–H groups in total. The third-order valence-electron chi connectivity index (χ3n) is 5.37. The summed E-state index contributed by atoms with van der Waals surface area (Å²) >= 11 is 11.9. The van der Waals surface area contributed by atoms with Crippen LogP contribution >= 0.6 is 23.2 Å². The summed E-state index contributed by atoms with van der Waals surface area (Å²) in [5.41, 5.74) is 0. The highest BCUT2D eigenvalue weighted by Crippen LogP contribution is 2.37. The van der Waals surface area contributed by atoms with Gasteiger partial charge >= 0.3 is 0 Å². The number of hydrogen-bond acceptors (Lipinski definition) is 4. The molecule has 142 valence electrons. The number of likely N-dealkylation sites (tertiary alicyclic amines) is 2. The number of hydrogen-bond donors (Lipinski definition) is 0. The summed E-state index contributed by atoms with van der Waals surface area (Å²) in [6.07, 6.45) is 5.17. The quantitative estimate of drug-likeness (QED) is 0.566. The van der Waals surface area contributed by atoms with Crippen LogP contribution in [0.25, 0.3) is 0 Å². The number of imide groups is 1. The van der Waals surface area contributed by atoms with Crippen LogP contribution in [0.4, 0.5) is 0 Å². The van der Waals surface area contributed by atoms with Crippen LogP contribution in [-0.2, 0) is 14.4 Å². The van der Waals surface area contributed by atoms with Crippen LogP contribution in [0, 0.1) is 11.8 Å². The monoisotopic (exact) mass is 408 g/mol. The molecule has 1 aliphatic carbocycles. The molecule has 8 heteroatoms. The third-order valence-corrected chi connectivity index (χ3v) is 5.90. The lowest BCUT2D eigenvalue weighted by Crippen LogP contribution is -2.63. The first-order valence-corrected chi connectivity index (χ1v) is 9.59. The van der Waals surface area contributed by atoms with Crippen LogP contribution < -0.4 is 4.74 Å². The van der Waals surface area contributed by atoms with Gasteiger partial charge in [0.1, 0.15) is 5.75 Å². The van der Waals surface area contributed by atoms with Crippen molar-refractivity contribution in [1.82, 2.24) is 9.80 Å². The van der Waals surface area contributed by atoms with E-state index in [9.17, 15) is 14.4 Å². The lowest BCUT2D eigenvalue weighted by Gasteiger charge is -2.43. The SMILES string of the molecule is O=C(COc1ccc(Cl)cc1Cl)N1CC(N2C(=O)[C@H]3CC=CC[C@@H]3C2=O)C1.